The molecule has 0 aliphatic heterocycles. The lowest BCUT2D eigenvalue weighted by Gasteiger charge is -2.10. The van der Waals surface area contributed by atoms with Crippen molar-refractivity contribution in [3.8, 4) is 5.75 Å². The summed E-state index contributed by atoms with van der Waals surface area (Å²) >= 11 is -2.13. The van der Waals surface area contributed by atoms with Crippen LogP contribution >= 0.6 is 0 Å². The summed E-state index contributed by atoms with van der Waals surface area (Å²) in [6.07, 6.45) is -2.56. The first-order valence-corrected chi connectivity index (χ1v) is 6.24. The zero-order valence-corrected chi connectivity index (χ0v) is 9.99. The van der Waals surface area contributed by atoms with Crippen molar-refractivity contribution in [2.24, 2.45) is 0 Å². The van der Waals surface area contributed by atoms with E-state index in [1.807, 2.05) is 0 Å². The van der Waals surface area contributed by atoms with Gasteiger partial charge in [-0.3, -0.25) is 0 Å². The number of ether oxygens (including phenoxy) is 1. The van der Waals surface area contributed by atoms with E-state index in [4.69, 9.17) is 9.29 Å². The molecule has 0 aliphatic rings. The highest BCUT2D eigenvalue weighted by Gasteiger charge is 2.11. The van der Waals surface area contributed by atoms with Crippen molar-refractivity contribution in [3.63, 3.8) is 0 Å². The molecule has 0 saturated heterocycles. The molecule has 0 saturated carbocycles. The molecular formula is C12H10F2O3S. The van der Waals surface area contributed by atoms with Crippen LogP contribution in [-0.2, 0) is 11.1 Å². The molecule has 0 fully saturated rings. The van der Waals surface area contributed by atoms with Gasteiger partial charge in [-0.15, -0.1) is 0 Å². The molecule has 2 aromatic carbocycles. The van der Waals surface area contributed by atoms with Crippen LogP contribution in [0.4, 0.5) is 8.78 Å². The molecule has 6 heteroatoms. The van der Waals surface area contributed by atoms with E-state index in [9.17, 15) is 13.0 Å². The van der Waals surface area contributed by atoms with Crippen LogP contribution in [0, 0.1) is 0 Å². The van der Waals surface area contributed by atoms with Crippen LogP contribution in [0.3, 0.4) is 0 Å². The van der Waals surface area contributed by atoms with Gasteiger partial charge in [-0.25, -0.2) is 13.0 Å². The van der Waals surface area contributed by atoms with Crippen LogP contribution in [0.1, 0.15) is 0 Å². The highest BCUT2D eigenvalue weighted by atomic mass is 32.2. The number of alkyl halides is 2. The summed E-state index contributed by atoms with van der Waals surface area (Å²) in [5.41, 5.74) is 0. The van der Waals surface area contributed by atoms with Crippen LogP contribution in [0.25, 0.3) is 10.8 Å². The van der Waals surface area contributed by atoms with Gasteiger partial charge in [-0.05, 0) is 12.1 Å². The van der Waals surface area contributed by atoms with E-state index in [-0.39, 0.29) is 10.6 Å². The second kappa shape index (κ2) is 5.41. The van der Waals surface area contributed by atoms with Crippen molar-refractivity contribution in [1.82, 2.24) is 0 Å². The van der Waals surface area contributed by atoms with Crippen molar-refractivity contribution < 1.29 is 22.3 Å². The van der Waals surface area contributed by atoms with Gasteiger partial charge < -0.3 is 9.29 Å². The van der Waals surface area contributed by atoms with E-state index in [0.29, 0.717) is 10.8 Å². The van der Waals surface area contributed by atoms with E-state index in [1.54, 1.807) is 24.3 Å². The van der Waals surface area contributed by atoms with Crippen molar-refractivity contribution in [2.75, 3.05) is 6.61 Å². The molecule has 2 aromatic rings. The average Bonchev–Trinajstić information content (AvgIpc) is 2.35. The first-order chi connectivity index (χ1) is 8.59. The molecule has 3 nitrogen and oxygen atoms in total. The minimum absolute atomic E-state index is 0.231. The van der Waals surface area contributed by atoms with E-state index in [1.165, 1.54) is 12.1 Å². The number of hydrogen-bond donors (Lipinski definition) is 1. The largest absolute Gasteiger partial charge is 0.487 e. The average molecular weight is 272 g/mol. The summed E-state index contributed by atoms with van der Waals surface area (Å²) in [5, 5.41) is 1.06. The van der Waals surface area contributed by atoms with Crippen LogP contribution in [-0.4, -0.2) is 21.8 Å². The van der Waals surface area contributed by atoms with Gasteiger partial charge in [0.1, 0.15) is 12.4 Å². The maximum Gasteiger partial charge on any atom is 0.272 e. The molecule has 2 rings (SSSR count). The Bertz CT molecular complexity index is 587. The first kappa shape index (κ1) is 12.9. The van der Waals surface area contributed by atoms with Crippen LogP contribution in [0.2, 0.25) is 0 Å². The van der Waals surface area contributed by atoms with Crippen molar-refractivity contribution in [3.05, 3.63) is 36.4 Å². The SMILES string of the molecule is O=S(O)c1ccc(OCC(F)F)c2ccccc12. The summed E-state index contributed by atoms with van der Waals surface area (Å²) in [6.45, 7) is -0.703. The number of halogens is 2. The quantitative estimate of drug-likeness (QED) is 0.870. The molecular weight excluding hydrogens is 262 g/mol. The van der Waals surface area contributed by atoms with Gasteiger partial charge in [0.05, 0.1) is 4.90 Å². The number of benzene rings is 2. The summed E-state index contributed by atoms with van der Waals surface area (Å²) in [7, 11) is 0. The summed E-state index contributed by atoms with van der Waals surface area (Å²) in [4.78, 5) is 0.231. The minimum Gasteiger partial charge on any atom is -0.487 e. The molecule has 0 aromatic heterocycles. The molecule has 1 atom stereocenters. The summed E-state index contributed by atoms with van der Waals surface area (Å²) in [5.74, 6) is 0.278. The Kier molecular flexibility index (Phi) is 3.88. The Morgan fingerprint density at radius 2 is 1.83 bits per heavy atom. The second-order valence-corrected chi connectivity index (χ2v) is 4.50. The molecule has 0 aliphatic carbocycles. The predicted molar refractivity (Wildman–Crippen MR) is 64.5 cm³/mol. The molecule has 0 heterocycles. The molecule has 0 bridgehead atoms. The fraction of sp³-hybridized carbons (Fsp3) is 0.167. The van der Waals surface area contributed by atoms with Crippen LogP contribution in [0.5, 0.6) is 5.75 Å². The van der Waals surface area contributed by atoms with Crippen LogP contribution in [0.15, 0.2) is 41.3 Å². The lowest BCUT2D eigenvalue weighted by Crippen LogP contribution is -2.07. The lowest BCUT2D eigenvalue weighted by molar-refractivity contribution is 0.0826. The Hall–Kier alpha value is -1.53. The van der Waals surface area contributed by atoms with E-state index >= 15 is 0 Å². The molecule has 0 radical (unpaired) electrons. The van der Waals surface area contributed by atoms with Gasteiger partial charge in [0.2, 0.25) is 0 Å². The van der Waals surface area contributed by atoms with Gasteiger partial charge in [0, 0.05) is 10.8 Å². The van der Waals surface area contributed by atoms with Crippen LogP contribution < -0.4 is 4.74 Å². The number of rotatable bonds is 4. The van der Waals surface area contributed by atoms with Gasteiger partial charge in [-0.2, -0.15) is 0 Å². The van der Waals surface area contributed by atoms with Gasteiger partial charge in [-0.1, -0.05) is 24.3 Å². The topological polar surface area (TPSA) is 46.5 Å². The molecule has 1 unspecified atom stereocenters. The Morgan fingerprint density at radius 3 is 2.44 bits per heavy atom. The van der Waals surface area contributed by atoms with E-state index in [0.717, 1.165) is 0 Å². The molecule has 0 amide bonds. The minimum atomic E-state index is -2.56. The highest BCUT2D eigenvalue weighted by Crippen LogP contribution is 2.30. The Morgan fingerprint density at radius 1 is 1.17 bits per heavy atom. The summed E-state index contributed by atoms with van der Waals surface area (Å²) in [6, 6.07) is 9.55. The Labute approximate surface area is 105 Å². The maximum absolute atomic E-state index is 12.1. The normalized spacial score (nSPS) is 12.9. The lowest BCUT2D eigenvalue weighted by atomic mass is 10.1. The zero-order chi connectivity index (χ0) is 13.1. The standard InChI is InChI=1S/C12H10F2O3S/c13-12(14)7-17-10-5-6-11(18(15)16)9-4-2-1-3-8(9)10/h1-6,12H,7H2,(H,15,16). The molecule has 18 heavy (non-hydrogen) atoms. The van der Waals surface area contributed by atoms with Gasteiger partial charge in [0.15, 0.2) is 11.1 Å². The highest BCUT2D eigenvalue weighted by molar-refractivity contribution is 7.79. The molecule has 96 valence electrons. The number of hydrogen-bond acceptors (Lipinski definition) is 2. The fourth-order valence-corrected chi connectivity index (χ4v) is 2.23. The Balaban J connectivity index is 2.50. The smallest absolute Gasteiger partial charge is 0.272 e. The van der Waals surface area contributed by atoms with E-state index < -0.39 is 24.1 Å². The maximum atomic E-state index is 12.1. The second-order valence-electron chi connectivity index (χ2n) is 3.56. The molecule has 1 N–H and O–H groups in total. The van der Waals surface area contributed by atoms with Crippen molar-refractivity contribution in [1.29, 1.82) is 0 Å². The first-order valence-electron chi connectivity index (χ1n) is 5.13. The molecule has 0 spiro atoms. The van der Waals surface area contributed by atoms with Gasteiger partial charge in [0.25, 0.3) is 6.43 Å². The third kappa shape index (κ3) is 2.65. The zero-order valence-electron chi connectivity index (χ0n) is 9.18. The third-order valence-electron chi connectivity index (χ3n) is 2.40. The summed E-state index contributed by atoms with van der Waals surface area (Å²) < 4.78 is 49.5. The fourth-order valence-electron chi connectivity index (χ4n) is 1.67. The predicted octanol–water partition coefficient (Wildman–Crippen LogP) is 3.06. The third-order valence-corrected chi connectivity index (χ3v) is 3.13. The van der Waals surface area contributed by atoms with E-state index in [2.05, 4.69) is 0 Å². The van der Waals surface area contributed by atoms with Gasteiger partial charge >= 0.3 is 0 Å². The van der Waals surface area contributed by atoms with Crippen molar-refractivity contribution in [2.45, 2.75) is 11.3 Å². The van der Waals surface area contributed by atoms with Crippen molar-refractivity contribution >= 4 is 21.9 Å². The number of fused-ring (bicyclic) bond motifs is 1. The monoisotopic (exact) mass is 272 g/mol.